The highest BCUT2D eigenvalue weighted by atomic mass is 32.2. The molecule has 2 heterocycles. The first kappa shape index (κ1) is 28.6. The number of hydrogen-bond acceptors (Lipinski definition) is 5. The monoisotopic (exact) mass is 562 g/mol. The third-order valence-corrected chi connectivity index (χ3v) is 7.39. The van der Waals surface area contributed by atoms with E-state index in [0.717, 1.165) is 24.3 Å². The lowest BCUT2D eigenvalue weighted by molar-refractivity contribution is -0.138. The number of rotatable bonds is 8. The smallest absolute Gasteiger partial charge is 0.416 e. The van der Waals surface area contributed by atoms with Crippen LogP contribution in [0.4, 0.5) is 31.1 Å². The van der Waals surface area contributed by atoms with Crippen molar-refractivity contribution in [3.05, 3.63) is 70.8 Å². The molecule has 0 radical (unpaired) electrons. The van der Waals surface area contributed by atoms with E-state index in [1.807, 2.05) is 6.26 Å². The van der Waals surface area contributed by atoms with Crippen molar-refractivity contribution >= 4 is 17.9 Å². The number of benzene rings is 2. The molecule has 4 rings (SSSR count). The zero-order valence-corrected chi connectivity index (χ0v) is 21.5. The molecule has 2 aromatic carbocycles. The molecule has 0 unspecified atom stereocenters. The minimum Gasteiger partial charge on any atom is -0.441 e. The number of hydrogen-bond donors (Lipinski definition) is 0. The Morgan fingerprint density at radius 1 is 0.974 bits per heavy atom. The number of amides is 1. The molecule has 0 saturated carbocycles. The van der Waals surface area contributed by atoms with Gasteiger partial charge in [0.05, 0.1) is 30.2 Å². The van der Waals surface area contributed by atoms with E-state index in [0.29, 0.717) is 44.9 Å². The standard InChI is InChI=1S/C26H28F6N2O3S/c1-38-17-34-16-24(37-23(34)35)8-10-33(11-9-24)12-13-36-22(18-4-2-6-20(14-18)25(27,28)29)19-5-3-7-21(15-19)26(30,31)32/h2-7,14-15,22H,8-13,16-17H2,1H3. The van der Waals surface area contributed by atoms with Crippen molar-refractivity contribution in [2.45, 2.75) is 36.9 Å². The summed E-state index contributed by atoms with van der Waals surface area (Å²) < 4.78 is 91.6. The van der Waals surface area contributed by atoms with E-state index >= 15 is 0 Å². The van der Waals surface area contributed by atoms with E-state index in [1.165, 1.54) is 36.0 Å². The molecular formula is C26H28F6N2O3S. The van der Waals surface area contributed by atoms with Crippen LogP contribution in [-0.2, 0) is 21.8 Å². The summed E-state index contributed by atoms with van der Waals surface area (Å²) in [5, 5.41) is 0. The van der Waals surface area contributed by atoms with Crippen molar-refractivity contribution in [2.75, 3.05) is 44.9 Å². The maximum atomic E-state index is 13.3. The van der Waals surface area contributed by atoms with Crippen LogP contribution in [0.15, 0.2) is 48.5 Å². The number of piperidine rings is 1. The first-order valence-electron chi connectivity index (χ1n) is 12.1. The van der Waals surface area contributed by atoms with Crippen LogP contribution in [0.3, 0.4) is 0 Å². The Morgan fingerprint density at radius 3 is 2.03 bits per heavy atom. The molecular weight excluding hydrogens is 534 g/mol. The second kappa shape index (κ2) is 11.4. The Labute approximate surface area is 221 Å². The zero-order chi connectivity index (χ0) is 27.6. The maximum Gasteiger partial charge on any atom is 0.416 e. The summed E-state index contributed by atoms with van der Waals surface area (Å²) in [7, 11) is 0. The lowest BCUT2D eigenvalue weighted by Crippen LogP contribution is -2.47. The number of likely N-dealkylation sites (tertiary alicyclic amines) is 1. The molecule has 0 bridgehead atoms. The molecule has 0 aliphatic carbocycles. The third kappa shape index (κ3) is 6.76. The van der Waals surface area contributed by atoms with Crippen molar-refractivity contribution in [1.29, 1.82) is 0 Å². The van der Waals surface area contributed by atoms with Gasteiger partial charge in [-0.15, -0.1) is 11.8 Å². The third-order valence-electron chi connectivity index (χ3n) is 6.82. The Morgan fingerprint density at radius 2 is 1.53 bits per heavy atom. The van der Waals surface area contributed by atoms with Crippen molar-refractivity contribution in [3.63, 3.8) is 0 Å². The molecule has 2 fully saturated rings. The number of halogens is 6. The van der Waals surface area contributed by atoms with E-state index in [9.17, 15) is 31.1 Å². The van der Waals surface area contributed by atoms with Gasteiger partial charge in [0.2, 0.25) is 0 Å². The molecule has 2 aliphatic heterocycles. The number of alkyl halides is 6. The summed E-state index contributed by atoms with van der Waals surface area (Å²) >= 11 is 1.54. The van der Waals surface area contributed by atoms with E-state index in [4.69, 9.17) is 9.47 Å². The fourth-order valence-corrected chi connectivity index (χ4v) is 5.34. The molecule has 1 amide bonds. The molecule has 0 aromatic heterocycles. The summed E-state index contributed by atoms with van der Waals surface area (Å²) in [5.74, 6) is 0.560. The van der Waals surface area contributed by atoms with Gasteiger partial charge in [-0.3, -0.25) is 4.90 Å². The lowest BCUT2D eigenvalue weighted by atomic mass is 9.91. The van der Waals surface area contributed by atoms with Crippen LogP contribution >= 0.6 is 11.8 Å². The van der Waals surface area contributed by atoms with Gasteiger partial charge in [0, 0.05) is 32.5 Å². The van der Waals surface area contributed by atoms with Crippen molar-refractivity contribution in [1.82, 2.24) is 9.80 Å². The van der Waals surface area contributed by atoms with E-state index in [2.05, 4.69) is 4.90 Å². The van der Waals surface area contributed by atoms with Gasteiger partial charge in [-0.1, -0.05) is 24.3 Å². The number of thioether (sulfide) groups is 1. The predicted molar refractivity (Wildman–Crippen MR) is 131 cm³/mol. The highest BCUT2D eigenvalue weighted by molar-refractivity contribution is 7.98. The van der Waals surface area contributed by atoms with Crippen LogP contribution in [0.1, 0.15) is 41.2 Å². The quantitative estimate of drug-likeness (QED) is 0.347. The zero-order valence-electron chi connectivity index (χ0n) is 20.6. The fraction of sp³-hybridized carbons (Fsp3) is 0.500. The SMILES string of the molecule is CSCN1CC2(CCN(CCOC(c3cccc(C(F)(F)F)c3)c3cccc(C(F)(F)F)c3)CC2)OC1=O. The van der Waals surface area contributed by atoms with Crippen molar-refractivity contribution in [3.8, 4) is 0 Å². The van der Waals surface area contributed by atoms with Gasteiger partial charge in [0.1, 0.15) is 11.7 Å². The molecule has 2 aliphatic rings. The second-order valence-corrected chi connectivity index (χ2v) is 10.3. The van der Waals surface area contributed by atoms with Gasteiger partial charge in [0.25, 0.3) is 0 Å². The minimum atomic E-state index is -4.60. The number of carbonyl (C=O) groups is 1. The van der Waals surface area contributed by atoms with Gasteiger partial charge < -0.3 is 14.4 Å². The number of ether oxygens (including phenoxy) is 2. The predicted octanol–water partition coefficient (Wildman–Crippen LogP) is 6.44. The summed E-state index contributed by atoms with van der Waals surface area (Å²) in [5.41, 5.74) is -2.10. The fourth-order valence-electron chi connectivity index (χ4n) is 4.83. The highest BCUT2D eigenvalue weighted by Crippen LogP contribution is 2.37. The first-order chi connectivity index (χ1) is 17.9. The number of carbonyl (C=O) groups excluding carboxylic acids is 1. The Balaban J connectivity index is 1.44. The van der Waals surface area contributed by atoms with Gasteiger partial charge >= 0.3 is 18.4 Å². The molecule has 2 aromatic rings. The van der Waals surface area contributed by atoms with Crippen LogP contribution in [0, 0.1) is 0 Å². The highest BCUT2D eigenvalue weighted by Gasteiger charge is 2.46. The number of nitrogens with zero attached hydrogens (tertiary/aromatic N) is 2. The Bertz CT molecular complexity index is 1060. The van der Waals surface area contributed by atoms with E-state index in [-0.39, 0.29) is 23.8 Å². The Kier molecular flexibility index (Phi) is 8.53. The van der Waals surface area contributed by atoms with Gasteiger partial charge in [-0.25, -0.2) is 4.79 Å². The normalized spacial score (nSPS) is 18.4. The average molecular weight is 563 g/mol. The van der Waals surface area contributed by atoms with Crippen LogP contribution in [-0.4, -0.2) is 66.4 Å². The summed E-state index contributed by atoms with van der Waals surface area (Å²) in [6.07, 6.45) is -7.47. The minimum absolute atomic E-state index is 0.0859. The van der Waals surface area contributed by atoms with Gasteiger partial charge in [-0.05, 0) is 41.6 Å². The molecule has 1 spiro atoms. The van der Waals surface area contributed by atoms with Crippen LogP contribution in [0.2, 0.25) is 0 Å². The molecule has 0 atom stereocenters. The molecule has 38 heavy (non-hydrogen) atoms. The topological polar surface area (TPSA) is 42.0 Å². The van der Waals surface area contributed by atoms with Crippen molar-refractivity contribution in [2.24, 2.45) is 0 Å². The maximum absolute atomic E-state index is 13.3. The Hall–Kier alpha value is -2.44. The molecule has 0 N–H and O–H groups in total. The average Bonchev–Trinajstić information content (AvgIpc) is 3.16. The van der Waals surface area contributed by atoms with Crippen LogP contribution in [0.5, 0.6) is 0 Å². The first-order valence-corrected chi connectivity index (χ1v) is 13.4. The van der Waals surface area contributed by atoms with Gasteiger partial charge in [0.15, 0.2) is 0 Å². The van der Waals surface area contributed by atoms with E-state index in [1.54, 1.807) is 4.90 Å². The molecule has 2 saturated heterocycles. The molecule has 208 valence electrons. The second-order valence-electron chi connectivity index (χ2n) is 9.51. The van der Waals surface area contributed by atoms with Crippen molar-refractivity contribution < 1.29 is 40.6 Å². The summed E-state index contributed by atoms with van der Waals surface area (Å²) in [6.45, 7) is 2.29. The lowest BCUT2D eigenvalue weighted by Gasteiger charge is -2.37. The molecule has 5 nitrogen and oxygen atoms in total. The summed E-state index contributed by atoms with van der Waals surface area (Å²) in [4.78, 5) is 15.9. The molecule has 12 heteroatoms. The van der Waals surface area contributed by atoms with Crippen LogP contribution in [0.25, 0.3) is 0 Å². The van der Waals surface area contributed by atoms with E-state index < -0.39 is 35.2 Å². The van der Waals surface area contributed by atoms with Crippen LogP contribution < -0.4 is 0 Å². The van der Waals surface area contributed by atoms with Gasteiger partial charge in [-0.2, -0.15) is 26.3 Å². The largest absolute Gasteiger partial charge is 0.441 e. The summed E-state index contributed by atoms with van der Waals surface area (Å²) in [6, 6.07) is 8.90.